The summed E-state index contributed by atoms with van der Waals surface area (Å²) in [4.78, 5) is 0. The SMILES string of the molecule is C=CCNn1ccc(CN)c1. The molecule has 0 saturated heterocycles. The van der Waals surface area contributed by atoms with Gasteiger partial charge in [-0.2, -0.15) is 0 Å². The van der Waals surface area contributed by atoms with E-state index in [1.54, 1.807) is 0 Å². The summed E-state index contributed by atoms with van der Waals surface area (Å²) in [5, 5.41) is 0. The van der Waals surface area contributed by atoms with Crippen LogP contribution in [-0.4, -0.2) is 11.2 Å². The average Bonchev–Trinajstić information content (AvgIpc) is 2.48. The first-order chi connectivity index (χ1) is 5.36. The van der Waals surface area contributed by atoms with Gasteiger partial charge in [0.2, 0.25) is 0 Å². The van der Waals surface area contributed by atoms with Crippen molar-refractivity contribution in [3.8, 4) is 0 Å². The van der Waals surface area contributed by atoms with Gasteiger partial charge in [-0.3, -0.25) is 4.68 Å². The van der Waals surface area contributed by atoms with Gasteiger partial charge in [0, 0.05) is 25.5 Å². The first-order valence-electron chi connectivity index (χ1n) is 3.58. The molecular formula is C8H13N3. The third-order valence-corrected chi connectivity index (χ3v) is 1.41. The lowest BCUT2D eigenvalue weighted by molar-refractivity contribution is 0.891. The Morgan fingerprint density at radius 1 is 1.73 bits per heavy atom. The minimum Gasteiger partial charge on any atom is -0.326 e. The van der Waals surface area contributed by atoms with Crippen LogP contribution < -0.4 is 11.2 Å². The lowest BCUT2D eigenvalue weighted by atomic mass is 10.4. The van der Waals surface area contributed by atoms with E-state index in [4.69, 9.17) is 5.73 Å². The van der Waals surface area contributed by atoms with Crippen LogP contribution in [0.15, 0.2) is 31.1 Å². The molecule has 0 bridgehead atoms. The molecule has 0 fully saturated rings. The van der Waals surface area contributed by atoms with Crippen LogP contribution in [0.1, 0.15) is 5.56 Å². The van der Waals surface area contributed by atoms with Crippen molar-refractivity contribution in [2.24, 2.45) is 5.73 Å². The quantitative estimate of drug-likeness (QED) is 0.621. The van der Waals surface area contributed by atoms with E-state index < -0.39 is 0 Å². The molecule has 3 N–H and O–H groups in total. The number of rotatable bonds is 4. The summed E-state index contributed by atoms with van der Waals surface area (Å²) in [6.07, 6.45) is 5.71. The lowest BCUT2D eigenvalue weighted by Crippen LogP contribution is -2.11. The Morgan fingerprint density at radius 2 is 2.55 bits per heavy atom. The van der Waals surface area contributed by atoms with E-state index in [2.05, 4.69) is 12.0 Å². The highest BCUT2D eigenvalue weighted by Gasteiger charge is 1.90. The Balaban J connectivity index is 2.50. The van der Waals surface area contributed by atoms with Crippen molar-refractivity contribution >= 4 is 0 Å². The molecule has 0 saturated carbocycles. The molecule has 0 unspecified atom stereocenters. The van der Waals surface area contributed by atoms with Crippen LogP contribution in [-0.2, 0) is 6.54 Å². The molecule has 1 aromatic heterocycles. The maximum absolute atomic E-state index is 5.43. The van der Waals surface area contributed by atoms with Crippen molar-refractivity contribution in [1.82, 2.24) is 4.68 Å². The van der Waals surface area contributed by atoms with Crippen molar-refractivity contribution in [2.75, 3.05) is 12.0 Å². The normalized spacial score (nSPS) is 9.55. The number of nitrogens with one attached hydrogen (secondary N) is 1. The standard InChI is InChI=1S/C8H13N3/c1-2-4-10-11-5-3-8(6-9)7-11/h2-3,5,7,10H,1,4,6,9H2. The Labute approximate surface area is 66.5 Å². The third-order valence-electron chi connectivity index (χ3n) is 1.41. The maximum Gasteiger partial charge on any atom is 0.0492 e. The monoisotopic (exact) mass is 151 g/mol. The van der Waals surface area contributed by atoms with E-state index in [1.807, 2.05) is 29.2 Å². The first kappa shape index (κ1) is 7.88. The molecular weight excluding hydrogens is 138 g/mol. The largest absolute Gasteiger partial charge is 0.326 e. The summed E-state index contributed by atoms with van der Waals surface area (Å²) >= 11 is 0. The van der Waals surface area contributed by atoms with Crippen LogP contribution >= 0.6 is 0 Å². The summed E-state index contributed by atoms with van der Waals surface area (Å²) in [6.45, 7) is 4.95. The Kier molecular flexibility index (Phi) is 2.74. The highest BCUT2D eigenvalue weighted by molar-refractivity contribution is 5.10. The van der Waals surface area contributed by atoms with Gasteiger partial charge in [0.1, 0.15) is 0 Å². The Hall–Kier alpha value is -1.22. The molecule has 1 aromatic rings. The fourth-order valence-electron chi connectivity index (χ4n) is 0.830. The van der Waals surface area contributed by atoms with Crippen LogP contribution in [0.3, 0.4) is 0 Å². The summed E-state index contributed by atoms with van der Waals surface area (Å²) < 4.78 is 1.88. The van der Waals surface area contributed by atoms with Crippen LogP contribution in [0.5, 0.6) is 0 Å². The van der Waals surface area contributed by atoms with E-state index >= 15 is 0 Å². The van der Waals surface area contributed by atoms with E-state index in [9.17, 15) is 0 Å². The number of hydrogen-bond acceptors (Lipinski definition) is 2. The second-order valence-corrected chi connectivity index (χ2v) is 2.28. The van der Waals surface area contributed by atoms with Crippen molar-refractivity contribution in [3.05, 3.63) is 36.7 Å². The average molecular weight is 151 g/mol. The number of nitrogens with zero attached hydrogens (tertiary/aromatic N) is 1. The highest BCUT2D eigenvalue weighted by Crippen LogP contribution is 1.96. The van der Waals surface area contributed by atoms with Gasteiger partial charge in [0.25, 0.3) is 0 Å². The van der Waals surface area contributed by atoms with Gasteiger partial charge >= 0.3 is 0 Å². The van der Waals surface area contributed by atoms with Gasteiger partial charge < -0.3 is 11.2 Å². The fraction of sp³-hybridized carbons (Fsp3) is 0.250. The van der Waals surface area contributed by atoms with E-state index in [-0.39, 0.29) is 0 Å². The molecule has 11 heavy (non-hydrogen) atoms. The van der Waals surface area contributed by atoms with Crippen LogP contribution in [0.2, 0.25) is 0 Å². The molecule has 0 amide bonds. The Bertz CT molecular complexity index is 227. The Morgan fingerprint density at radius 3 is 3.09 bits per heavy atom. The third kappa shape index (κ3) is 2.13. The second-order valence-electron chi connectivity index (χ2n) is 2.28. The summed E-state index contributed by atoms with van der Waals surface area (Å²) in [7, 11) is 0. The first-order valence-corrected chi connectivity index (χ1v) is 3.58. The second kappa shape index (κ2) is 3.83. The smallest absolute Gasteiger partial charge is 0.0492 e. The molecule has 60 valence electrons. The molecule has 0 radical (unpaired) electrons. The van der Waals surface area contributed by atoms with Crippen LogP contribution in [0.25, 0.3) is 0 Å². The maximum atomic E-state index is 5.43. The van der Waals surface area contributed by atoms with E-state index in [0.717, 1.165) is 12.1 Å². The molecule has 0 atom stereocenters. The number of aromatic nitrogens is 1. The lowest BCUT2D eigenvalue weighted by Gasteiger charge is -2.02. The van der Waals surface area contributed by atoms with Crippen molar-refractivity contribution < 1.29 is 0 Å². The fourth-order valence-corrected chi connectivity index (χ4v) is 0.830. The number of hydrogen-bond donors (Lipinski definition) is 2. The van der Waals surface area contributed by atoms with Crippen LogP contribution in [0.4, 0.5) is 0 Å². The summed E-state index contributed by atoms with van der Waals surface area (Å²) in [6, 6.07) is 1.98. The molecule has 3 nitrogen and oxygen atoms in total. The zero-order valence-electron chi connectivity index (χ0n) is 6.46. The molecule has 0 aliphatic carbocycles. The molecule has 0 aromatic carbocycles. The van der Waals surface area contributed by atoms with E-state index in [0.29, 0.717) is 6.54 Å². The van der Waals surface area contributed by atoms with Crippen molar-refractivity contribution in [3.63, 3.8) is 0 Å². The zero-order valence-corrected chi connectivity index (χ0v) is 6.46. The van der Waals surface area contributed by atoms with Crippen LogP contribution in [0, 0.1) is 0 Å². The summed E-state index contributed by atoms with van der Waals surface area (Å²) in [5.41, 5.74) is 9.65. The number of nitrogens with two attached hydrogens (primary N) is 1. The topological polar surface area (TPSA) is 43.0 Å². The van der Waals surface area contributed by atoms with Gasteiger partial charge in [-0.1, -0.05) is 6.08 Å². The van der Waals surface area contributed by atoms with Crippen molar-refractivity contribution in [2.45, 2.75) is 6.54 Å². The summed E-state index contributed by atoms with van der Waals surface area (Å²) in [5.74, 6) is 0. The minimum atomic E-state index is 0.586. The molecule has 1 heterocycles. The van der Waals surface area contributed by atoms with Gasteiger partial charge in [-0.15, -0.1) is 6.58 Å². The zero-order chi connectivity index (χ0) is 8.10. The van der Waals surface area contributed by atoms with E-state index in [1.165, 1.54) is 0 Å². The predicted octanol–water partition coefficient (Wildman–Crippen LogP) is 0.676. The molecule has 1 rings (SSSR count). The molecule has 0 aliphatic rings. The van der Waals surface area contributed by atoms with Gasteiger partial charge in [-0.05, 0) is 11.6 Å². The van der Waals surface area contributed by atoms with Crippen molar-refractivity contribution in [1.29, 1.82) is 0 Å². The highest BCUT2D eigenvalue weighted by atomic mass is 15.4. The molecule has 0 aliphatic heterocycles. The molecule has 0 spiro atoms. The predicted molar refractivity (Wildman–Crippen MR) is 46.7 cm³/mol. The van der Waals surface area contributed by atoms with Gasteiger partial charge in [-0.25, -0.2) is 0 Å². The molecule has 3 heteroatoms. The van der Waals surface area contributed by atoms with Gasteiger partial charge in [0.05, 0.1) is 0 Å². The minimum absolute atomic E-state index is 0.586. The van der Waals surface area contributed by atoms with Gasteiger partial charge in [0.15, 0.2) is 0 Å².